The first kappa shape index (κ1) is 15.0. The number of nitrogens with two attached hydrogens (primary N) is 1. The van der Waals surface area contributed by atoms with Crippen molar-refractivity contribution in [1.82, 2.24) is 4.90 Å². The molecule has 1 aliphatic carbocycles. The summed E-state index contributed by atoms with van der Waals surface area (Å²) in [5.74, 6) is 1.35. The van der Waals surface area contributed by atoms with Gasteiger partial charge in [0.15, 0.2) is 5.75 Å². The third kappa shape index (κ3) is 2.85. The molecular weight excluding hydrogens is 274 g/mol. The number of thiophene rings is 1. The molecular formula is C14H23N3O2S. The van der Waals surface area contributed by atoms with Crippen molar-refractivity contribution in [1.29, 1.82) is 0 Å². The van der Waals surface area contributed by atoms with E-state index < -0.39 is 0 Å². The number of ether oxygens (including phenoxy) is 1. The molecule has 0 spiro atoms. The highest BCUT2D eigenvalue weighted by Crippen LogP contribution is 2.46. The fourth-order valence-corrected chi connectivity index (χ4v) is 3.44. The molecule has 1 fully saturated rings. The van der Waals surface area contributed by atoms with Gasteiger partial charge in [-0.1, -0.05) is 0 Å². The van der Waals surface area contributed by atoms with Crippen LogP contribution in [0.15, 0.2) is 0 Å². The highest BCUT2D eigenvalue weighted by molar-refractivity contribution is 7.19. The summed E-state index contributed by atoms with van der Waals surface area (Å²) in [6.45, 7) is 4.02. The first-order valence-electron chi connectivity index (χ1n) is 6.92. The normalized spacial score (nSPS) is 14.2. The SMILES string of the molecule is CCN(CC1CC1)c1sc(C(=O)N(C)C)c(N)c1OC. The Morgan fingerprint density at radius 2 is 2.10 bits per heavy atom. The minimum atomic E-state index is -0.0699. The Hall–Kier alpha value is -1.43. The molecule has 0 aliphatic heterocycles. The highest BCUT2D eigenvalue weighted by atomic mass is 32.1. The fourth-order valence-electron chi connectivity index (χ4n) is 2.15. The smallest absolute Gasteiger partial charge is 0.265 e. The molecule has 1 heterocycles. The summed E-state index contributed by atoms with van der Waals surface area (Å²) in [7, 11) is 5.07. The van der Waals surface area contributed by atoms with Crippen molar-refractivity contribution in [2.24, 2.45) is 5.92 Å². The molecule has 1 aliphatic rings. The lowest BCUT2D eigenvalue weighted by Gasteiger charge is -2.22. The number of methoxy groups -OCH3 is 1. The molecule has 0 atom stereocenters. The Balaban J connectivity index is 2.35. The number of rotatable bonds is 6. The summed E-state index contributed by atoms with van der Waals surface area (Å²) in [5.41, 5.74) is 6.56. The van der Waals surface area contributed by atoms with Crippen molar-refractivity contribution in [3.05, 3.63) is 4.88 Å². The van der Waals surface area contributed by atoms with Gasteiger partial charge < -0.3 is 20.3 Å². The van der Waals surface area contributed by atoms with E-state index in [1.165, 1.54) is 24.2 Å². The van der Waals surface area contributed by atoms with Crippen molar-refractivity contribution in [2.75, 3.05) is 44.9 Å². The van der Waals surface area contributed by atoms with E-state index in [-0.39, 0.29) is 5.91 Å². The second-order valence-electron chi connectivity index (χ2n) is 5.36. The molecule has 6 heteroatoms. The molecule has 20 heavy (non-hydrogen) atoms. The number of nitrogens with zero attached hydrogens (tertiary/aromatic N) is 2. The van der Waals surface area contributed by atoms with Crippen molar-refractivity contribution in [3.63, 3.8) is 0 Å². The Labute approximate surface area is 124 Å². The standard InChI is InChI=1S/C14H23N3O2S/c1-5-17(8-9-6-7-9)14-11(19-4)10(15)12(20-14)13(18)16(2)3/h9H,5-8,15H2,1-4H3. The van der Waals surface area contributed by atoms with Crippen LogP contribution in [0.2, 0.25) is 0 Å². The molecule has 0 radical (unpaired) electrons. The van der Waals surface area contributed by atoms with Gasteiger partial charge >= 0.3 is 0 Å². The number of carbonyl (C=O) groups excluding carboxylic acids is 1. The van der Waals surface area contributed by atoms with Crippen LogP contribution in [0, 0.1) is 5.92 Å². The van der Waals surface area contributed by atoms with E-state index in [9.17, 15) is 4.79 Å². The summed E-state index contributed by atoms with van der Waals surface area (Å²) in [6, 6.07) is 0. The van der Waals surface area contributed by atoms with Crippen LogP contribution in [0.25, 0.3) is 0 Å². The van der Waals surface area contributed by atoms with Crippen molar-refractivity contribution < 1.29 is 9.53 Å². The summed E-state index contributed by atoms with van der Waals surface area (Å²) in [6.07, 6.45) is 2.59. The summed E-state index contributed by atoms with van der Waals surface area (Å²) in [5, 5.41) is 0.976. The molecule has 1 aromatic rings. The maximum Gasteiger partial charge on any atom is 0.265 e. The van der Waals surface area contributed by atoms with Gasteiger partial charge in [-0.25, -0.2) is 0 Å². The first-order valence-corrected chi connectivity index (χ1v) is 7.74. The number of anilines is 2. The average Bonchev–Trinajstić information content (AvgIpc) is 3.18. The zero-order valence-electron chi connectivity index (χ0n) is 12.6. The van der Waals surface area contributed by atoms with Crippen molar-refractivity contribution in [2.45, 2.75) is 19.8 Å². The molecule has 0 saturated heterocycles. The van der Waals surface area contributed by atoms with E-state index in [1.54, 1.807) is 26.1 Å². The van der Waals surface area contributed by atoms with E-state index in [0.29, 0.717) is 16.3 Å². The number of carbonyl (C=O) groups is 1. The third-order valence-corrected chi connectivity index (χ3v) is 4.77. The van der Waals surface area contributed by atoms with Gasteiger partial charge in [-0.2, -0.15) is 0 Å². The molecule has 112 valence electrons. The van der Waals surface area contributed by atoms with Gasteiger partial charge in [0.25, 0.3) is 5.91 Å². The lowest BCUT2D eigenvalue weighted by molar-refractivity contribution is 0.0833. The summed E-state index contributed by atoms with van der Waals surface area (Å²) in [4.78, 5) is 16.6. The lowest BCUT2D eigenvalue weighted by atomic mass is 10.3. The minimum Gasteiger partial charge on any atom is -0.492 e. The van der Waals surface area contributed by atoms with Crippen LogP contribution < -0.4 is 15.4 Å². The molecule has 0 aromatic carbocycles. The maximum atomic E-state index is 12.2. The van der Waals surface area contributed by atoms with Crippen LogP contribution in [0.3, 0.4) is 0 Å². The lowest BCUT2D eigenvalue weighted by Crippen LogP contribution is -2.24. The largest absolute Gasteiger partial charge is 0.492 e. The highest BCUT2D eigenvalue weighted by Gasteiger charge is 2.29. The van der Waals surface area contributed by atoms with Crippen LogP contribution in [0.4, 0.5) is 10.7 Å². The van der Waals surface area contributed by atoms with Crippen molar-refractivity contribution >= 4 is 27.9 Å². The molecule has 0 unspecified atom stereocenters. The fraction of sp³-hybridized carbons (Fsp3) is 0.643. The quantitative estimate of drug-likeness (QED) is 0.875. The molecule has 5 nitrogen and oxygen atoms in total. The van der Waals surface area contributed by atoms with Crippen LogP contribution in [-0.4, -0.2) is 45.1 Å². The number of nitrogen functional groups attached to an aromatic ring is 1. The third-order valence-electron chi connectivity index (χ3n) is 3.53. The first-order chi connectivity index (χ1) is 9.49. The number of amides is 1. The van der Waals surface area contributed by atoms with E-state index >= 15 is 0 Å². The predicted molar refractivity (Wildman–Crippen MR) is 83.9 cm³/mol. The minimum absolute atomic E-state index is 0.0699. The van der Waals surface area contributed by atoms with E-state index in [4.69, 9.17) is 10.5 Å². The van der Waals surface area contributed by atoms with Gasteiger partial charge in [0.05, 0.1) is 7.11 Å². The van der Waals surface area contributed by atoms with E-state index in [1.807, 2.05) is 0 Å². The maximum absolute atomic E-state index is 12.2. The average molecular weight is 297 g/mol. The molecule has 2 N–H and O–H groups in total. The molecule has 2 rings (SSSR count). The van der Waals surface area contributed by atoms with Crippen molar-refractivity contribution in [3.8, 4) is 5.75 Å². The number of hydrogen-bond acceptors (Lipinski definition) is 5. The van der Waals surface area contributed by atoms with Crippen LogP contribution in [-0.2, 0) is 0 Å². The second-order valence-corrected chi connectivity index (χ2v) is 6.36. The predicted octanol–water partition coefficient (Wildman–Crippen LogP) is 2.28. The molecule has 1 amide bonds. The Kier molecular flexibility index (Phi) is 4.42. The van der Waals surface area contributed by atoms with Gasteiger partial charge in [0.2, 0.25) is 0 Å². The molecule has 1 aromatic heterocycles. The Morgan fingerprint density at radius 3 is 2.55 bits per heavy atom. The Bertz CT molecular complexity index is 495. The van der Waals surface area contributed by atoms with Gasteiger partial charge in [-0.15, -0.1) is 11.3 Å². The van der Waals surface area contributed by atoms with Crippen LogP contribution >= 0.6 is 11.3 Å². The second kappa shape index (κ2) is 5.91. The summed E-state index contributed by atoms with van der Waals surface area (Å²) >= 11 is 1.43. The topological polar surface area (TPSA) is 58.8 Å². The van der Waals surface area contributed by atoms with E-state index in [2.05, 4.69) is 11.8 Å². The summed E-state index contributed by atoms with van der Waals surface area (Å²) < 4.78 is 5.44. The van der Waals surface area contributed by atoms with Crippen LogP contribution in [0.5, 0.6) is 5.75 Å². The number of hydrogen-bond donors (Lipinski definition) is 1. The van der Waals surface area contributed by atoms with Gasteiger partial charge in [0, 0.05) is 27.2 Å². The monoisotopic (exact) mass is 297 g/mol. The zero-order chi connectivity index (χ0) is 14.9. The van der Waals surface area contributed by atoms with Gasteiger partial charge in [-0.3, -0.25) is 4.79 Å². The zero-order valence-corrected chi connectivity index (χ0v) is 13.4. The van der Waals surface area contributed by atoms with Gasteiger partial charge in [0.1, 0.15) is 15.6 Å². The molecule has 0 bridgehead atoms. The van der Waals surface area contributed by atoms with Crippen LogP contribution in [0.1, 0.15) is 29.4 Å². The Morgan fingerprint density at radius 1 is 1.45 bits per heavy atom. The van der Waals surface area contributed by atoms with E-state index in [0.717, 1.165) is 24.0 Å². The van der Waals surface area contributed by atoms with Gasteiger partial charge in [-0.05, 0) is 25.7 Å². The molecule has 1 saturated carbocycles.